The van der Waals surface area contributed by atoms with Crippen LogP contribution in [0.4, 0.5) is 4.79 Å². The zero-order valence-electron chi connectivity index (χ0n) is 12.3. The summed E-state index contributed by atoms with van der Waals surface area (Å²) in [5.41, 5.74) is 0.452. The maximum atomic E-state index is 11.8. The zero-order chi connectivity index (χ0) is 15.5. The minimum absolute atomic E-state index is 0.202. The summed E-state index contributed by atoms with van der Waals surface area (Å²) in [6, 6.07) is 7.49. The Morgan fingerprint density at radius 1 is 1.43 bits per heavy atom. The molecular weight excluding hydrogens is 266 g/mol. The molecular formula is C16H19N3O2. The summed E-state index contributed by atoms with van der Waals surface area (Å²) in [5.74, 6) is 3.50. The van der Waals surface area contributed by atoms with Crippen LogP contribution in [0.15, 0.2) is 24.3 Å². The van der Waals surface area contributed by atoms with Crippen LogP contribution in [0, 0.1) is 17.8 Å². The van der Waals surface area contributed by atoms with E-state index in [4.69, 9.17) is 16.6 Å². The van der Waals surface area contributed by atoms with Crippen molar-refractivity contribution in [3.05, 3.63) is 29.8 Å². The molecule has 2 N–H and O–H groups in total. The third-order valence-electron chi connectivity index (χ3n) is 3.92. The van der Waals surface area contributed by atoms with E-state index < -0.39 is 5.54 Å². The molecule has 0 radical (unpaired) electrons. The van der Waals surface area contributed by atoms with Crippen molar-refractivity contribution >= 4 is 11.9 Å². The molecule has 1 heterocycles. The number of ether oxygens (including phenoxy) is 1. The molecule has 1 aromatic rings. The first-order chi connectivity index (χ1) is 10.0. The van der Waals surface area contributed by atoms with Crippen LogP contribution in [0.3, 0.4) is 0 Å². The number of methoxy groups -OCH3 is 1. The molecule has 0 saturated carbocycles. The van der Waals surface area contributed by atoms with Gasteiger partial charge >= 0.3 is 6.03 Å². The number of terminal acetylenes is 1. The smallest absolute Gasteiger partial charge is 0.324 e. The second kappa shape index (κ2) is 5.88. The molecule has 1 aromatic carbocycles. The fourth-order valence-electron chi connectivity index (χ4n) is 2.45. The Morgan fingerprint density at radius 3 is 2.67 bits per heavy atom. The van der Waals surface area contributed by atoms with Gasteiger partial charge in [0.15, 0.2) is 0 Å². The Labute approximate surface area is 124 Å². The van der Waals surface area contributed by atoms with Crippen molar-refractivity contribution < 1.29 is 9.53 Å². The number of aryl methyl sites for hydroxylation is 1. The summed E-state index contributed by atoms with van der Waals surface area (Å²) < 4.78 is 5.13. The summed E-state index contributed by atoms with van der Waals surface area (Å²) in [7, 11) is 1.63. The van der Waals surface area contributed by atoms with Crippen molar-refractivity contribution in [1.82, 2.24) is 10.2 Å². The fourth-order valence-corrected chi connectivity index (χ4v) is 2.45. The number of benzene rings is 1. The Kier molecular flexibility index (Phi) is 4.18. The molecule has 0 spiro atoms. The highest BCUT2D eigenvalue weighted by Gasteiger charge is 2.45. The predicted octanol–water partition coefficient (Wildman–Crippen LogP) is 2.02. The first kappa shape index (κ1) is 14.9. The van der Waals surface area contributed by atoms with Gasteiger partial charge in [0, 0.05) is 0 Å². The number of rotatable bonds is 5. The summed E-state index contributed by atoms with van der Waals surface area (Å²) in [5, 5.41) is 10.6. The van der Waals surface area contributed by atoms with Gasteiger partial charge in [0.1, 0.15) is 17.1 Å². The van der Waals surface area contributed by atoms with E-state index in [1.165, 1.54) is 0 Å². The number of amides is 2. The number of carbonyl (C=O) groups is 1. The van der Waals surface area contributed by atoms with Crippen LogP contribution in [0.1, 0.15) is 18.9 Å². The van der Waals surface area contributed by atoms with Crippen molar-refractivity contribution in [2.75, 3.05) is 13.7 Å². The molecule has 1 saturated heterocycles. The monoisotopic (exact) mass is 285 g/mol. The normalized spacial score (nSPS) is 21.1. The van der Waals surface area contributed by atoms with Crippen LogP contribution < -0.4 is 10.1 Å². The minimum Gasteiger partial charge on any atom is -0.497 e. The number of nitrogens with zero attached hydrogens (tertiary/aromatic N) is 1. The van der Waals surface area contributed by atoms with Crippen LogP contribution in [0.5, 0.6) is 5.75 Å². The van der Waals surface area contributed by atoms with E-state index in [9.17, 15) is 4.79 Å². The lowest BCUT2D eigenvalue weighted by Gasteiger charge is -2.32. The van der Waals surface area contributed by atoms with E-state index >= 15 is 0 Å². The van der Waals surface area contributed by atoms with Gasteiger partial charge in [-0.1, -0.05) is 18.1 Å². The summed E-state index contributed by atoms with van der Waals surface area (Å²) in [4.78, 5) is 13.4. The summed E-state index contributed by atoms with van der Waals surface area (Å²) >= 11 is 0. The van der Waals surface area contributed by atoms with E-state index in [1.54, 1.807) is 12.0 Å². The van der Waals surface area contributed by atoms with Gasteiger partial charge in [0.05, 0.1) is 13.7 Å². The van der Waals surface area contributed by atoms with Gasteiger partial charge in [0.25, 0.3) is 0 Å². The Bertz CT molecular complexity index is 589. The Morgan fingerprint density at radius 2 is 2.10 bits per heavy atom. The summed E-state index contributed by atoms with van der Waals surface area (Å²) in [6.45, 7) is 2.07. The van der Waals surface area contributed by atoms with Crippen LogP contribution in [-0.4, -0.2) is 36.0 Å². The molecule has 2 rings (SSSR count). The van der Waals surface area contributed by atoms with E-state index in [-0.39, 0.29) is 18.4 Å². The molecule has 1 atom stereocenters. The quantitative estimate of drug-likeness (QED) is 0.813. The van der Waals surface area contributed by atoms with Crippen LogP contribution in [-0.2, 0) is 6.42 Å². The maximum absolute atomic E-state index is 11.8. The lowest BCUT2D eigenvalue weighted by atomic mass is 9.91. The van der Waals surface area contributed by atoms with E-state index in [0.29, 0.717) is 6.42 Å². The molecule has 1 aliphatic heterocycles. The highest BCUT2D eigenvalue weighted by atomic mass is 16.5. The maximum Gasteiger partial charge on any atom is 0.324 e. The van der Waals surface area contributed by atoms with Gasteiger partial charge < -0.3 is 9.64 Å². The van der Waals surface area contributed by atoms with Gasteiger partial charge in [0.2, 0.25) is 0 Å². The highest BCUT2D eigenvalue weighted by Crippen LogP contribution is 2.27. The van der Waals surface area contributed by atoms with Crippen LogP contribution >= 0.6 is 0 Å². The average molecular weight is 285 g/mol. The van der Waals surface area contributed by atoms with Gasteiger partial charge in [-0.15, -0.1) is 6.42 Å². The number of hydrogen-bond acceptors (Lipinski definition) is 3. The van der Waals surface area contributed by atoms with E-state index in [2.05, 4.69) is 11.2 Å². The zero-order valence-corrected chi connectivity index (χ0v) is 12.3. The molecule has 21 heavy (non-hydrogen) atoms. The van der Waals surface area contributed by atoms with Crippen LogP contribution in [0.2, 0.25) is 0 Å². The van der Waals surface area contributed by atoms with Crippen molar-refractivity contribution in [3.8, 4) is 18.1 Å². The lowest BCUT2D eigenvalue weighted by molar-refractivity contribution is 0.186. The third-order valence-corrected chi connectivity index (χ3v) is 3.92. The topological polar surface area (TPSA) is 65.4 Å². The largest absolute Gasteiger partial charge is 0.497 e. The van der Waals surface area contributed by atoms with Gasteiger partial charge in [-0.3, -0.25) is 10.7 Å². The third kappa shape index (κ3) is 2.84. The molecule has 2 amide bonds. The van der Waals surface area contributed by atoms with Gasteiger partial charge in [-0.05, 0) is 37.5 Å². The second-order valence-electron chi connectivity index (χ2n) is 5.22. The van der Waals surface area contributed by atoms with E-state index in [1.807, 2.05) is 31.2 Å². The molecule has 1 unspecified atom stereocenters. The number of amidine groups is 1. The van der Waals surface area contributed by atoms with Crippen molar-refractivity contribution in [2.24, 2.45) is 0 Å². The molecule has 1 aliphatic rings. The first-order valence-electron chi connectivity index (χ1n) is 6.75. The molecule has 0 aromatic heterocycles. The number of nitrogens with one attached hydrogen (secondary N) is 2. The fraction of sp³-hybridized carbons (Fsp3) is 0.375. The predicted molar refractivity (Wildman–Crippen MR) is 81.5 cm³/mol. The minimum atomic E-state index is -0.677. The van der Waals surface area contributed by atoms with Crippen molar-refractivity contribution in [1.29, 1.82) is 5.41 Å². The molecule has 1 fully saturated rings. The van der Waals surface area contributed by atoms with Crippen LogP contribution in [0.25, 0.3) is 0 Å². The Balaban J connectivity index is 2.10. The van der Waals surface area contributed by atoms with Gasteiger partial charge in [-0.25, -0.2) is 4.79 Å². The van der Waals surface area contributed by atoms with Gasteiger partial charge in [-0.2, -0.15) is 0 Å². The number of urea groups is 1. The molecule has 5 nitrogen and oxygen atoms in total. The Hall–Kier alpha value is -2.48. The molecule has 110 valence electrons. The SMILES string of the molecule is C#CCN1C(=O)NC(=N)C1(C)CCc1ccc(OC)cc1. The molecule has 5 heteroatoms. The average Bonchev–Trinajstić information content (AvgIpc) is 2.70. The van der Waals surface area contributed by atoms with Crippen molar-refractivity contribution in [2.45, 2.75) is 25.3 Å². The number of carbonyl (C=O) groups excluding carboxylic acids is 1. The number of hydrogen-bond donors (Lipinski definition) is 2. The molecule has 0 bridgehead atoms. The standard InChI is InChI=1S/C16H19N3O2/c1-4-11-19-15(20)18-14(17)16(19,2)10-9-12-5-7-13(21-3)8-6-12/h1,5-8H,9-11H2,2-3H3,(H2,17,18,20). The lowest BCUT2D eigenvalue weighted by Crippen LogP contribution is -2.47. The summed E-state index contributed by atoms with van der Waals surface area (Å²) in [6.07, 6.45) is 6.71. The first-order valence-corrected chi connectivity index (χ1v) is 6.75. The van der Waals surface area contributed by atoms with Crippen molar-refractivity contribution in [3.63, 3.8) is 0 Å². The molecule has 0 aliphatic carbocycles. The highest BCUT2D eigenvalue weighted by molar-refractivity contribution is 6.08. The second-order valence-corrected chi connectivity index (χ2v) is 5.22. The van der Waals surface area contributed by atoms with E-state index in [0.717, 1.165) is 17.7 Å².